The molecule has 1 N–H and O–H groups in total. The molecule has 4 bridgehead atoms. The number of aryl methyl sites for hydroxylation is 1. The number of nitrogens with zero attached hydrogens (tertiary/aromatic N) is 2. The van der Waals surface area contributed by atoms with Gasteiger partial charge < -0.3 is 9.62 Å². The van der Waals surface area contributed by atoms with Crippen LogP contribution in [0.3, 0.4) is 0 Å². The van der Waals surface area contributed by atoms with Crippen LogP contribution in [-0.2, 0) is 37.5 Å². The number of allylic oxidation sites excluding steroid dienone is 4. The Kier molecular flexibility index (Phi) is 10.1. The first kappa shape index (κ1) is 29.1. The molecule has 40 heavy (non-hydrogen) atoms. The van der Waals surface area contributed by atoms with E-state index >= 15 is 0 Å². The van der Waals surface area contributed by atoms with E-state index in [1.807, 2.05) is 25.1 Å². The van der Waals surface area contributed by atoms with Crippen molar-refractivity contribution in [2.45, 2.75) is 46.6 Å². The summed E-state index contributed by atoms with van der Waals surface area (Å²) in [5.74, 6) is 1.34. The van der Waals surface area contributed by atoms with E-state index in [0.29, 0.717) is 18.8 Å². The number of rotatable bonds is 9. The zero-order valence-electron chi connectivity index (χ0n) is 23.9. The summed E-state index contributed by atoms with van der Waals surface area (Å²) in [7, 11) is 1.71. The van der Waals surface area contributed by atoms with Gasteiger partial charge in [-0.05, 0) is 59.9 Å². The van der Waals surface area contributed by atoms with Crippen molar-refractivity contribution in [1.29, 1.82) is 0 Å². The van der Waals surface area contributed by atoms with Crippen LogP contribution in [0.4, 0.5) is 0 Å². The van der Waals surface area contributed by atoms with E-state index in [1.54, 1.807) is 13.2 Å². The van der Waals surface area contributed by atoms with Gasteiger partial charge in [0.1, 0.15) is 5.76 Å². The Labute approximate surface area is 238 Å². The fourth-order valence-corrected chi connectivity index (χ4v) is 5.34. The Morgan fingerprint density at radius 2 is 1.48 bits per heavy atom. The largest absolute Gasteiger partial charge is 0.497 e. The zero-order valence-corrected chi connectivity index (χ0v) is 23.9. The SMILES string of the molecule is C=CC(=C)/C=C(CN1Cc2cccc(c2)CN(Cc2cc(C)ccc2OO)Cc2cccc(c2)C1)\C(=C/C)OC. The average molecular weight is 537 g/mol. The molecule has 5 heteroatoms. The Bertz CT molecular complexity index is 1350. The Morgan fingerprint density at radius 1 is 0.900 bits per heavy atom. The molecule has 0 spiro atoms. The van der Waals surface area contributed by atoms with Crippen molar-refractivity contribution in [2.75, 3.05) is 13.7 Å². The molecule has 1 aliphatic rings. The van der Waals surface area contributed by atoms with E-state index in [-0.39, 0.29) is 0 Å². The Hall–Kier alpha value is -3.90. The molecule has 0 radical (unpaired) electrons. The van der Waals surface area contributed by atoms with E-state index < -0.39 is 0 Å². The van der Waals surface area contributed by atoms with Gasteiger partial charge in [0.25, 0.3) is 0 Å². The van der Waals surface area contributed by atoms with Gasteiger partial charge in [0.15, 0.2) is 5.75 Å². The predicted molar refractivity (Wildman–Crippen MR) is 163 cm³/mol. The first-order valence-corrected chi connectivity index (χ1v) is 13.6. The third-order valence-corrected chi connectivity index (χ3v) is 7.13. The van der Waals surface area contributed by atoms with Crippen LogP contribution in [0, 0.1) is 6.92 Å². The Balaban J connectivity index is 1.68. The summed E-state index contributed by atoms with van der Waals surface area (Å²) in [6.07, 6.45) is 5.82. The van der Waals surface area contributed by atoms with Crippen molar-refractivity contribution in [2.24, 2.45) is 0 Å². The van der Waals surface area contributed by atoms with Crippen LogP contribution in [0.2, 0.25) is 0 Å². The highest BCUT2D eigenvalue weighted by Crippen LogP contribution is 2.25. The van der Waals surface area contributed by atoms with Gasteiger partial charge in [-0.3, -0.25) is 9.80 Å². The summed E-state index contributed by atoms with van der Waals surface area (Å²) in [6, 6.07) is 23.5. The van der Waals surface area contributed by atoms with Crippen LogP contribution in [0.5, 0.6) is 5.75 Å². The van der Waals surface area contributed by atoms with Gasteiger partial charge in [-0.2, -0.15) is 0 Å². The molecule has 0 atom stereocenters. The van der Waals surface area contributed by atoms with Crippen molar-refractivity contribution >= 4 is 0 Å². The van der Waals surface area contributed by atoms with E-state index in [2.05, 4.69) is 90.6 Å². The second-order valence-corrected chi connectivity index (χ2v) is 10.4. The fourth-order valence-electron chi connectivity index (χ4n) is 5.34. The van der Waals surface area contributed by atoms with Crippen LogP contribution in [-0.4, -0.2) is 28.7 Å². The van der Waals surface area contributed by atoms with Gasteiger partial charge in [0, 0.05) is 50.4 Å². The lowest BCUT2D eigenvalue weighted by atomic mass is 10.0. The molecule has 0 amide bonds. The summed E-state index contributed by atoms with van der Waals surface area (Å²) in [6.45, 7) is 16.5. The van der Waals surface area contributed by atoms with E-state index in [1.165, 1.54) is 22.3 Å². The molecule has 1 aliphatic heterocycles. The number of ether oxygens (including phenoxy) is 1. The van der Waals surface area contributed by atoms with Crippen LogP contribution < -0.4 is 4.89 Å². The molecule has 0 saturated carbocycles. The standard InChI is InChI=1S/C35H40N2O3/c1-6-26(3)16-32(34(7-2)39-5)24-36-20-28-10-8-12-30(18-28)22-37(23-31-13-9-11-29(19-31)21-36)25-33-17-27(4)14-15-35(33)40-38/h6-19,38H,1,3,20-25H2,2,4-5H3/b32-16-,34-7+. The minimum Gasteiger partial charge on any atom is -0.497 e. The van der Waals surface area contributed by atoms with Crippen molar-refractivity contribution in [3.05, 3.63) is 148 Å². The minimum absolute atomic E-state index is 0.495. The van der Waals surface area contributed by atoms with E-state index in [0.717, 1.165) is 54.2 Å². The molecule has 208 valence electrons. The number of hydrogen-bond donors (Lipinski definition) is 1. The first-order valence-electron chi connectivity index (χ1n) is 13.6. The highest BCUT2D eigenvalue weighted by Gasteiger charge is 2.17. The van der Waals surface area contributed by atoms with Crippen molar-refractivity contribution in [1.82, 2.24) is 9.80 Å². The highest BCUT2D eigenvalue weighted by atomic mass is 17.1. The van der Waals surface area contributed by atoms with Gasteiger partial charge in [-0.25, -0.2) is 5.26 Å². The second kappa shape index (κ2) is 13.9. The van der Waals surface area contributed by atoms with Gasteiger partial charge in [0.2, 0.25) is 0 Å². The van der Waals surface area contributed by atoms with Crippen molar-refractivity contribution < 1.29 is 14.9 Å². The smallest absolute Gasteiger partial charge is 0.169 e. The lowest BCUT2D eigenvalue weighted by Gasteiger charge is -2.28. The van der Waals surface area contributed by atoms with Crippen molar-refractivity contribution in [3.63, 3.8) is 0 Å². The second-order valence-electron chi connectivity index (χ2n) is 10.4. The third kappa shape index (κ3) is 7.82. The van der Waals surface area contributed by atoms with Crippen LogP contribution >= 0.6 is 0 Å². The minimum atomic E-state index is 0.495. The van der Waals surface area contributed by atoms with Crippen LogP contribution in [0.1, 0.15) is 40.3 Å². The number of methoxy groups -OCH3 is 1. The summed E-state index contributed by atoms with van der Waals surface area (Å²) in [5, 5.41) is 9.48. The van der Waals surface area contributed by atoms with E-state index in [9.17, 15) is 5.26 Å². The normalized spacial score (nSPS) is 15.1. The molecule has 4 rings (SSSR count). The molecule has 0 saturated heterocycles. The molecule has 0 aliphatic carbocycles. The summed E-state index contributed by atoms with van der Waals surface area (Å²) in [5.41, 5.74) is 9.02. The lowest BCUT2D eigenvalue weighted by Crippen LogP contribution is -2.27. The molecule has 0 unspecified atom stereocenters. The van der Waals surface area contributed by atoms with E-state index in [4.69, 9.17) is 9.62 Å². The van der Waals surface area contributed by atoms with Crippen molar-refractivity contribution in [3.8, 4) is 5.75 Å². The van der Waals surface area contributed by atoms with Gasteiger partial charge in [-0.15, -0.1) is 0 Å². The van der Waals surface area contributed by atoms with Crippen LogP contribution in [0.15, 0.2) is 115 Å². The fraction of sp³-hybridized carbons (Fsp3) is 0.257. The molecular formula is C35H40N2O3. The highest BCUT2D eigenvalue weighted by molar-refractivity contribution is 5.39. The lowest BCUT2D eigenvalue weighted by molar-refractivity contribution is -0.138. The molecule has 3 aromatic carbocycles. The number of benzene rings is 3. The number of fused-ring (bicyclic) bond motifs is 4. The molecule has 3 aromatic rings. The quantitative estimate of drug-likeness (QED) is 0.132. The summed E-state index contributed by atoms with van der Waals surface area (Å²) >= 11 is 0. The molecule has 0 fully saturated rings. The van der Waals surface area contributed by atoms with Gasteiger partial charge >= 0.3 is 0 Å². The molecule has 1 heterocycles. The monoisotopic (exact) mass is 536 g/mol. The first-order chi connectivity index (χ1) is 19.4. The van der Waals surface area contributed by atoms with Gasteiger partial charge in [-0.1, -0.05) is 85.5 Å². The van der Waals surface area contributed by atoms with Crippen LogP contribution in [0.25, 0.3) is 0 Å². The maximum atomic E-state index is 9.48. The Morgan fingerprint density at radius 3 is 1.98 bits per heavy atom. The maximum Gasteiger partial charge on any atom is 0.169 e. The number of hydrogen-bond acceptors (Lipinski definition) is 5. The molecule has 0 aromatic heterocycles. The average Bonchev–Trinajstić information content (AvgIpc) is 2.93. The molecule has 5 nitrogen and oxygen atoms in total. The summed E-state index contributed by atoms with van der Waals surface area (Å²) < 4.78 is 5.72. The molecular weight excluding hydrogens is 496 g/mol. The summed E-state index contributed by atoms with van der Waals surface area (Å²) in [4.78, 5) is 9.55. The third-order valence-electron chi connectivity index (χ3n) is 7.13. The topological polar surface area (TPSA) is 45.2 Å². The zero-order chi connectivity index (χ0) is 28.5. The predicted octanol–water partition coefficient (Wildman–Crippen LogP) is 7.58. The van der Waals surface area contributed by atoms with Gasteiger partial charge in [0.05, 0.1) is 7.11 Å². The maximum absolute atomic E-state index is 9.48.